The molecule has 0 fully saturated rings. The second-order valence-electron chi connectivity index (χ2n) is 6.82. The van der Waals surface area contributed by atoms with Crippen LogP contribution in [0.5, 0.6) is 0 Å². The maximum atomic E-state index is 9.17. The quantitative estimate of drug-likeness (QED) is 0.133. The summed E-state index contributed by atoms with van der Waals surface area (Å²) in [5.41, 5.74) is 0. The van der Waals surface area contributed by atoms with Gasteiger partial charge in [-0.1, -0.05) is 94.2 Å². The van der Waals surface area contributed by atoms with Gasteiger partial charge in [-0.3, -0.25) is 0 Å². The average Bonchev–Trinajstić information content (AvgIpc) is 2.50. The molecule has 0 radical (unpaired) electrons. The van der Waals surface area contributed by atoms with Gasteiger partial charge in [-0.15, -0.1) is 24.0 Å². The molecule has 2 nitrogen and oxygen atoms in total. The summed E-state index contributed by atoms with van der Waals surface area (Å²) in [5, 5.41) is 12.5. The van der Waals surface area contributed by atoms with Gasteiger partial charge in [0, 0.05) is 10.5 Å². The molecule has 0 aliphatic heterocycles. The maximum absolute atomic E-state index is 9.17. The van der Waals surface area contributed by atoms with Crippen molar-refractivity contribution in [1.82, 2.24) is 5.32 Å². The number of hydrogen-bond acceptors (Lipinski definition) is 2. The van der Waals surface area contributed by atoms with Crippen LogP contribution in [0, 0.1) is 5.92 Å². The molecule has 4 heteroatoms. The van der Waals surface area contributed by atoms with Crippen molar-refractivity contribution in [3.8, 4) is 0 Å². The Morgan fingerprint density at radius 2 is 1.39 bits per heavy atom. The first kappa shape index (κ1) is 26.6. The van der Waals surface area contributed by atoms with Crippen LogP contribution in [0.15, 0.2) is 0 Å². The van der Waals surface area contributed by atoms with Gasteiger partial charge in [0.25, 0.3) is 0 Å². The topological polar surface area (TPSA) is 32.3 Å². The molecule has 0 bridgehead atoms. The third-order valence-corrected chi connectivity index (χ3v) is 5.85. The fraction of sp³-hybridized carbons (Fsp3) is 1.00. The molecule has 2 unspecified atom stereocenters. The normalized spacial score (nSPS) is 13.8. The van der Waals surface area contributed by atoms with E-state index in [9.17, 15) is 5.11 Å². The Labute approximate surface area is 176 Å². The molecule has 0 aromatic heterocycles. The van der Waals surface area contributed by atoms with E-state index in [1.807, 2.05) is 6.92 Å². The van der Waals surface area contributed by atoms with Crippen molar-refractivity contribution in [2.45, 2.75) is 101 Å². The predicted octanol–water partition coefficient (Wildman–Crippen LogP) is 6.33. The lowest BCUT2D eigenvalue weighted by Gasteiger charge is -2.12. The lowest BCUT2D eigenvalue weighted by atomic mass is 9.95. The van der Waals surface area contributed by atoms with E-state index < -0.39 is 0 Å². The van der Waals surface area contributed by atoms with E-state index >= 15 is 0 Å². The Hall–Kier alpha value is 1.38. The third-order valence-electron chi connectivity index (χ3n) is 4.61. The van der Waals surface area contributed by atoms with Gasteiger partial charge < -0.3 is 10.4 Å². The smallest absolute Gasteiger partial charge is 0.0636 e. The Morgan fingerprint density at radius 3 is 1.91 bits per heavy atom. The van der Waals surface area contributed by atoms with E-state index in [-0.39, 0.29) is 30.1 Å². The molecule has 0 aromatic carbocycles. The van der Waals surface area contributed by atoms with E-state index in [1.54, 1.807) is 0 Å². The summed E-state index contributed by atoms with van der Waals surface area (Å²) in [5.74, 6) is 0.974. The van der Waals surface area contributed by atoms with Crippen molar-refractivity contribution in [3.63, 3.8) is 0 Å². The van der Waals surface area contributed by atoms with Gasteiger partial charge in [0.1, 0.15) is 0 Å². The van der Waals surface area contributed by atoms with Crippen molar-refractivity contribution < 1.29 is 5.11 Å². The first-order valence-electron chi connectivity index (χ1n) is 9.62. The Kier molecular flexibility index (Phi) is 22.8. The van der Waals surface area contributed by atoms with E-state index in [2.05, 4.69) is 41.8 Å². The van der Waals surface area contributed by atoms with Crippen LogP contribution >= 0.6 is 46.6 Å². The van der Waals surface area contributed by atoms with E-state index in [0.717, 1.165) is 22.9 Å². The van der Waals surface area contributed by atoms with E-state index in [1.165, 1.54) is 70.6 Å². The van der Waals surface area contributed by atoms with Crippen molar-refractivity contribution >= 4 is 46.6 Å². The molecule has 0 spiro atoms. The summed E-state index contributed by atoms with van der Waals surface area (Å²) < 4.78 is 0.786. The number of alkyl halides is 1. The fourth-order valence-corrected chi connectivity index (χ4v) is 3.67. The number of hydrogen-bond donors (Lipinski definition) is 2. The number of aliphatic hydroxyl groups excluding tert-OH is 1. The molecule has 0 amide bonds. The highest BCUT2D eigenvalue weighted by Gasteiger charge is 2.05. The molecular formula is C19H41I2NO. The molecule has 0 saturated carbocycles. The number of nitrogens with one attached hydrogen (secondary N) is 1. The number of unbranched alkanes of at least 4 members (excludes halogenated alkanes) is 5. The second-order valence-corrected chi connectivity index (χ2v) is 8.58. The van der Waals surface area contributed by atoms with Crippen molar-refractivity contribution in [2.24, 2.45) is 5.92 Å². The van der Waals surface area contributed by atoms with Gasteiger partial charge in [-0.2, -0.15) is 0 Å². The summed E-state index contributed by atoms with van der Waals surface area (Å²) in [4.78, 5) is 0. The summed E-state index contributed by atoms with van der Waals surface area (Å²) in [7, 11) is 0. The zero-order valence-corrected chi connectivity index (χ0v) is 20.1. The van der Waals surface area contributed by atoms with Crippen LogP contribution in [0.3, 0.4) is 0 Å². The maximum Gasteiger partial charge on any atom is 0.0636 e. The first-order chi connectivity index (χ1) is 10.6. The number of halogens is 2. The SMILES string of the molecule is CCC(CC)CCCCCCCCC(I)CCNCC(C)O.I. The lowest BCUT2D eigenvalue weighted by Crippen LogP contribution is -2.26. The zero-order valence-electron chi connectivity index (χ0n) is 15.7. The molecule has 2 atom stereocenters. The minimum Gasteiger partial charge on any atom is -0.392 e. The van der Waals surface area contributed by atoms with Crippen LogP contribution in [-0.4, -0.2) is 28.2 Å². The van der Waals surface area contributed by atoms with Gasteiger partial charge in [0.15, 0.2) is 0 Å². The summed E-state index contributed by atoms with van der Waals surface area (Å²) in [6.45, 7) is 8.25. The van der Waals surface area contributed by atoms with Crippen LogP contribution in [0.1, 0.15) is 91.4 Å². The number of rotatable bonds is 16. The predicted molar refractivity (Wildman–Crippen MR) is 123 cm³/mol. The molecule has 0 aromatic rings. The van der Waals surface area contributed by atoms with Crippen LogP contribution in [0.4, 0.5) is 0 Å². The highest BCUT2D eigenvalue weighted by atomic mass is 127. The van der Waals surface area contributed by atoms with Gasteiger partial charge >= 0.3 is 0 Å². The molecule has 2 N–H and O–H groups in total. The summed E-state index contributed by atoms with van der Waals surface area (Å²) >= 11 is 2.59. The summed E-state index contributed by atoms with van der Waals surface area (Å²) in [6.07, 6.45) is 15.0. The minimum atomic E-state index is -0.224. The van der Waals surface area contributed by atoms with Gasteiger partial charge in [0.2, 0.25) is 0 Å². The molecule has 0 aliphatic rings. The fourth-order valence-electron chi connectivity index (χ4n) is 2.92. The number of aliphatic hydroxyl groups is 1. The minimum absolute atomic E-state index is 0. The first-order valence-corrected chi connectivity index (χ1v) is 10.9. The Bertz CT molecular complexity index is 223. The molecule has 0 aliphatic carbocycles. The van der Waals surface area contributed by atoms with Crippen LogP contribution in [-0.2, 0) is 0 Å². The van der Waals surface area contributed by atoms with Crippen molar-refractivity contribution in [2.75, 3.05) is 13.1 Å². The zero-order chi connectivity index (χ0) is 16.6. The second kappa shape index (κ2) is 19.7. The molecule has 23 heavy (non-hydrogen) atoms. The molecule has 0 heterocycles. The average molecular weight is 553 g/mol. The highest BCUT2D eigenvalue weighted by molar-refractivity contribution is 14.1. The Morgan fingerprint density at radius 1 is 0.870 bits per heavy atom. The van der Waals surface area contributed by atoms with Crippen molar-refractivity contribution in [1.29, 1.82) is 0 Å². The third kappa shape index (κ3) is 19.6. The van der Waals surface area contributed by atoms with Gasteiger partial charge in [0.05, 0.1) is 6.10 Å². The summed E-state index contributed by atoms with van der Waals surface area (Å²) in [6, 6.07) is 0. The monoisotopic (exact) mass is 553 g/mol. The van der Waals surface area contributed by atoms with E-state index in [4.69, 9.17) is 0 Å². The van der Waals surface area contributed by atoms with Crippen LogP contribution < -0.4 is 5.32 Å². The van der Waals surface area contributed by atoms with Crippen LogP contribution in [0.2, 0.25) is 0 Å². The molecule has 142 valence electrons. The standard InChI is InChI=1S/C19H40INO.HI/c1-4-18(5-2)12-10-8-6-7-9-11-13-19(20)14-15-21-16-17(3)22;/h17-19,21-22H,4-16H2,1-3H3;1H. The van der Waals surface area contributed by atoms with Gasteiger partial charge in [-0.25, -0.2) is 0 Å². The molecule has 0 saturated heterocycles. The Balaban J connectivity index is 0. The molecule has 0 rings (SSSR count). The van der Waals surface area contributed by atoms with Gasteiger partial charge in [-0.05, 0) is 32.2 Å². The highest BCUT2D eigenvalue weighted by Crippen LogP contribution is 2.19. The van der Waals surface area contributed by atoms with E-state index in [0.29, 0.717) is 0 Å². The van der Waals surface area contributed by atoms with Crippen molar-refractivity contribution in [3.05, 3.63) is 0 Å². The largest absolute Gasteiger partial charge is 0.392 e. The van der Waals surface area contributed by atoms with Crippen LogP contribution in [0.25, 0.3) is 0 Å². The molecular weight excluding hydrogens is 512 g/mol. The lowest BCUT2D eigenvalue weighted by molar-refractivity contribution is 0.191.